The van der Waals surface area contributed by atoms with Crippen LogP contribution in [-0.2, 0) is 32.6 Å². The van der Waals surface area contributed by atoms with E-state index in [0.29, 0.717) is 0 Å². The SMILES string of the molecule is Cc1ccccc1CN(C(=O)CN(c1ccc([N+](=O)[O-])cc1)S(=O)(=O)c1ccccc1)[C@@H](Cc1ccccc1)C(=O)NC(C)C. The zero-order chi connectivity index (χ0) is 32.6. The lowest BCUT2D eigenvalue weighted by molar-refractivity contribution is -0.384. The molecule has 4 aromatic carbocycles. The van der Waals surface area contributed by atoms with Gasteiger partial charge < -0.3 is 10.2 Å². The smallest absolute Gasteiger partial charge is 0.269 e. The number of hydrogen-bond donors (Lipinski definition) is 1. The third kappa shape index (κ3) is 8.33. The average molecular weight is 629 g/mol. The molecular formula is C34H36N4O6S. The van der Waals surface area contributed by atoms with E-state index in [4.69, 9.17) is 0 Å². The molecule has 0 aliphatic carbocycles. The lowest BCUT2D eigenvalue weighted by atomic mass is 10.0. The molecule has 0 unspecified atom stereocenters. The molecule has 234 valence electrons. The van der Waals surface area contributed by atoms with E-state index in [2.05, 4.69) is 5.32 Å². The minimum Gasteiger partial charge on any atom is -0.352 e. The number of aryl methyl sites for hydroxylation is 1. The first kappa shape index (κ1) is 32.9. The highest BCUT2D eigenvalue weighted by Gasteiger charge is 2.35. The van der Waals surface area contributed by atoms with Crippen LogP contribution in [0.1, 0.15) is 30.5 Å². The van der Waals surface area contributed by atoms with Crippen LogP contribution in [0.25, 0.3) is 0 Å². The summed E-state index contributed by atoms with van der Waals surface area (Å²) in [6.45, 7) is 4.96. The van der Waals surface area contributed by atoms with Gasteiger partial charge in [0.25, 0.3) is 15.7 Å². The molecule has 0 aliphatic rings. The summed E-state index contributed by atoms with van der Waals surface area (Å²) < 4.78 is 28.9. The number of nitrogens with zero attached hydrogens (tertiary/aromatic N) is 3. The largest absolute Gasteiger partial charge is 0.352 e. The summed E-state index contributed by atoms with van der Waals surface area (Å²) in [5.41, 5.74) is 2.38. The van der Waals surface area contributed by atoms with Gasteiger partial charge in [-0.25, -0.2) is 8.42 Å². The van der Waals surface area contributed by atoms with Crippen molar-refractivity contribution in [3.8, 4) is 0 Å². The molecule has 4 rings (SSSR count). The van der Waals surface area contributed by atoms with E-state index < -0.39 is 33.4 Å². The average Bonchev–Trinajstić information content (AvgIpc) is 3.02. The molecule has 0 aliphatic heterocycles. The second kappa shape index (κ2) is 14.6. The molecule has 0 saturated heterocycles. The number of nitro groups is 1. The summed E-state index contributed by atoms with van der Waals surface area (Å²) in [7, 11) is -4.31. The summed E-state index contributed by atoms with van der Waals surface area (Å²) >= 11 is 0. The minimum atomic E-state index is -4.31. The summed E-state index contributed by atoms with van der Waals surface area (Å²) in [6.07, 6.45) is 0.194. The third-order valence-corrected chi connectivity index (χ3v) is 9.05. The fourth-order valence-corrected chi connectivity index (χ4v) is 6.33. The molecule has 2 amide bonds. The van der Waals surface area contributed by atoms with E-state index in [1.165, 1.54) is 41.3 Å². The highest BCUT2D eigenvalue weighted by Crippen LogP contribution is 2.27. The summed E-state index contributed by atoms with van der Waals surface area (Å²) in [5, 5.41) is 14.2. The number of nitrogens with one attached hydrogen (secondary N) is 1. The van der Waals surface area contributed by atoms with Gasteiger partial charge in [-0.05, 0) is 61.7 Å². The van der Waals surface area contributed by atoms with Crippen molar-refractivity contribution in [1.29, 1.82) is 0 Å². The van der Waals surface area contributed by atoms with Gasteiger partial charge in [-0.1, -0.05) is 72.8 Å². The Morgan fingerprint density at radius 1 is 0.844 bits per heavy atom. The van der Waals surface area contributed by atoms with Gasteiger partial charge in [0.2, 0.25) is 11.8 Å². The number of carbonyl (C=O) groups is 2. The monoisotopic (exact) mass is 628 g/mol. The number of carbonyl (C=O) groups excluding carboxylic acids is 2. The van der Waals surface area contributed by atoms with Crippen LogP contribution in [0.4, 0.5) is 11.4 Å². The molecule has 0 heterocycles. The third-order valence-electron chi connectivity index (χ3n) is 7.26. The molecule has 0 bridgehead atoms. The van der Waals surface area contributed by atoms with Crippen LogP contribution < -0.4 is 9.62 Å². The number of hydrogen-bond acceptors (Lipinski definition) is 6. The van der Waals surface area contributed by atoms with Crippen molar-refractivity contribution in [3.05, 3.63) is 136 Å². The van der Waals surface area contributed by atoms with E-state index in [1.54, 1.807) is 18.2 Å². The van der Waals surface area contributed by atoms with Gasteiger partial charge in [0.1, 0.15) is 12.6 Å². The van der Waals surface area contributed by atoms with Crippen LogP contribution >= 0.6 is 0 Å². The predicted octanol–water partition coefficient (Wildman–Crippen LogP) is 5.26. The van der Waals surface area contributed by atoms with Gasteiger partial charge in [0.15, 0.2) is 0 Å². The Hall–Kier alpha value is -5.03. The highest BCUT2D eigenvalue weighted by molar-refractivity contribution is 7.92. The molecule has 4 aromatic rings. The molecule has 1 atom stereocenters. The van der Waals surface area contributed by atoms with Crippen LogP contribution in [-0.4, -0.2) is 48.7 Å². The zero-order valence-electron chi connectivity index (χ0n) is 25.4. The quantitative estimate of drug-likeness (QED) is 0.159. The topological polar surface area (TPSA) is 130 Å². The van der Waals surface area contributed by atoms with Gasteiger partial charge in [-0.3, -0.25) is 24.0 Å². The molecule has 0 aromatic heterocycles. The molecule has 11 heteroatoms. The van der Waals surface area contributed by atoms with E-state index in [0.717, 1.165) is 21.0 Å². The molecule has 10 nitrogen and oxygen atoms in total. The number of sulfonamides is 1. The molecule has 0 saturated carbocycles. The molecule has 1 N–H and O–H groups in total. The number of anilines is 1. The number of benzene rings is 4. The highest BCUT2D eigenvalue weighted by atomic mass is 32.2. The standard InChI is InChI=1S/C34H36N4O6S/c1-25(2)35-34(40)32(22-27-13-6-4-7-14-27)36(23-28-15-11-10-12-26(28)3)33(39)24-37(29-18-20-30(21-19-29)38(41)42)45(43,44)31-16-8-5-9-17-31/h4-21,25,32H,22-24H2,1-3H3,(H,35,40)/t32-/m0/s1. The Bertz CT molecular complexity index is 1730. The van der Waals surface area contributed by atoms with Crippen molar-refractivity contribution in [2.24, 2.45) is 0 Å². The summed E-state index contributed by atoms with van der Waals surface area (Å²) in [6, 6.07) is 28.2. The van der Waals surface area contributed by atoms with E-state index in [9.17, 15) is 28.1 Å². The number of nitro benzene ring substituents is 1. The molecule has 0 fully saturated rings. The summed E-state index contributed by atoms with van der Waals surface area (Å²) in [4.78, 5) is 40.3. The van der Waals surface area contributed by atoms with Gasteiger partial charge in [-0.15, -0.1) is 0 Å². The van der Waals surface area contributed by atoms with Crippen molar-refractivity contribution >= 4 is 33.2 Å². The Morgan fingerprint density at radius 3 is 2.00 bits per heavy atom. The van der Waals surface area contributed by atoms with Crippen molar-refractivity contribution in [2.45, 2.75) is 50.7 Å². The van der Waals surface area contributed by atoms with Crippen molar-refractivity contribution < 1.29 is 22.9 Å². The van der Waals surface area contributed by atoms with Gasteiger partial charge >= 0.3 is 0 Å². The number of rotatable bonds is 13. The number of amides is 2. The second-order valence-electron chi connectivity index (χ2n) is 10.9. The van der Waals surface area contributed by atoms with E-state index in [1.807, 2.05) is 75.4 Å². The maximum absolute atomic E-state index is 14.4. The van der Waals surface area contributed by atoms with Crippen molar-refractivity contribution in [1.82, 2.24) is 10.2 Å². The first-order chi connectivity index (χ1) is 21.5. The van der Waals surface area contributed by atoms with Gasteiger partial charge in [0, 0.05) is 31.1 Å². The fraction of sp³-hybridized carbons (Fsp3) is 0.235. The van der Waals surface area contributed by atoms with Gasteiger partial charge in [0.05, 0.1) is 15.5 Å². The van der Waals surface area contributed by atoms with Crippen molar-refractivity contribution in [3.63, 3.8) is 0 Å². The zero-order valence-corrected chi connectivity index (χ0v) is 26.2. The molecule has 0 radical (unpaired) electrons. The molecular weight excluding hydrogens is 592 g/mol. The Labute approximate surface area is 263 Å². The van der Waals surface area contributed by atoms with Crippen LogP contribution in [0, 0.1) is 17.0 Å². The lowest BCUT2D eigenvalue weighted by Gasteiger charge is -2.34. The van der Waals surface area contributed by atoms with Crippen LogP contribution in [0.5, 0.6) is 0 Å². The Morgan fingerprint density at radius 2 is 1.42 bits per heavy atom. The first-order valence-corrected chi connectivity index (χ1v) is 15.9. The molecule has 45 heavy (non-hydrogen) atoms. The van der Waals surface area contributed by atoms with E-state index in [-0.39, 0.29) is 41.2 Å². The Balaban J connectivity index is 1.82. The maximum Gasteiger partial charge on any atom is 0.269 e. The van der Waals surface area contributed by atoms with E-state index >= 15 is 0 Å². The Kier molecular flexibility index (Phi) is 10.7. The van der Waals surface area contributed by atoms with Gasteiger partial charge in [-0.2, -0.15) is 0 Å². The van der Waals surface area contributed by atoms with Crippen LogP contribution in [0.2, 0.25) is 0 Å². The molecule has 0 spiro atoms. The van der Waals surface area contributed by atoms with Crippen LogP contribution in [0.15, 0.2) is 114 Å². The van der Waals surface area contributed by atoms with Crippen LogP contribution in [0.3, 0.4) is 0 Å². The number of non-ortho nitro benzene ring substituents is 1. The fourth-order valence-electron chi connectivity index (χ4n) is 4.89. The predicted molar refractivity (Wildman–Crippen MR) is 173 cm³/mol. The second-order valence-corrected chi connectivity index (χ2v) is 12.8. The normalized spacial score (nSPS) is 11.9. The minimum absolute atomic E-state index is 0.0496. The first-order valence-electron chi connectivity index (χ1n) is 14.5. The lowest BCUT2D eigenvalue weighted by Crippen LogP contribution is -2.54. The maximum atomic E-state index is 14.4. The van der Waals surface area contributed by atoms with Crippen molar-refractivity contribution in [2.75, 3.05) is 10.8 Å². The summed E-state index contributed by atoms with van der Waals surface area (Å²) in [5.74, 6) is -0.987.